The zero-order valence-corrected chi connectivity index (χ0v) is 10.1. The van der Waals surface area contributed by atoms with Gasteiger partial charge in [0.25, 0.3) is 5.56 Å². The third kappa shape index (κ3) is 2.25. The molecule has 1 unspecified atom stereocenters. The zero-order valence-electron chi connectivity index (χ0n) is 8.53. The third-order valence-corrected chi connectivity index (χ3v) is 3.25. The van der Waals surface area contributed by atoms with Crippen LogP contribution in [0.1, 0.15) is 18.5 Å². The highest BCUT2D eigenvalue weighted by atomic mass is 35.5. The minimum Gasteiger partial charge on any atom is -0.362 e. The summed E-state index contributed by atoms with van der Waals surface area (Å²) in [7, 11) is 0. The van der Waals surface area contributed by atoms with E-state index in [0.29, 0.717) is 5.82 Å². The monoisotopic (exact) mass is 255 g/mol. The van der Waals surface area contributed by atoms with E-state index in [1.807, 2.05) is 23.8 Å². The molecule has 0 aliphatic rings. The van der Waals surface area contributed by atoms with Crippen molar-refractivity contribution in [3.63, 3.8) is 0 Å². The van der Waals surface area contributed by atoms with Crippen molar-refractivity contribution in [1.82, 2.24) is 9.97 Å². The molecule has 6 heteroatoms. The molecule has 0 saturated heterocycles. The molecule has 0 fully saturated rings. The SMILES string of the molecule is CC(Nc1nc[nH]c(=O)c1Cl)c1ccsc1. The fraction of sp³-hybridized carbons (Fsp3) is 0.200. The number of nitrogens with zero attached hydrogens (tertiary/aromatic N) is 1. The number of hydrogen-bond donors (Lipinski definition) is 2. The van der Waals surface area contributed by atoms with Gasteiger partial charge in [0.2, 0.25) is 0 Å². The first kappa shape index (κ1) is 11.2. The maximum Gasteiger partial charge on any atom is 0.271 e. The lowest BCUT2D eigenvalue weighted by atomic mass is 10.2. The van der Waals surface area contributed by atoms with Crippen molar-refractivity contribution in [3.8, 4) is 0 Å². The molecule has 0 amide bonds. The van der Waals surface area contributed by atoms with Gasteiger partial charge < -0.3 is 10.3 Å². The molecule has 0 spiro atoms. The van der Waals surface area contributed by atoms with Crippen LogP contribution < -0.4 is 10.9 Å². The average molecular weight is 256 g/mol. The minimum atomic E-state index is -0.336. The maximum absolute atomic E-state index is 11.2. The average Bonchev–Trinajstić information content (AvgIpc) is 2.78. The van der Waals surface area contributed by atoms with Crippen LogP contribution in [0, 0.1) is 0 Å². The summed E-state index contributed by atoms with van der Waals surface area (Å²) in [6.07, 6.45) is 1.33. The minimum absolute atomic E-state index is 0.0676. The van der Waals surface area contributed by atoms with E-state index in [4.69, 9.17) is 11.6 Å². The quantitative estimate of drug-likeness (QED) is 0.887. The Balaban J connectivity index is 2.21. The summed E-state index contributed by atoms with van der Waals surface area (Å²) < 4.78 is 0. The van der Waals surface area contributed by atoms with E-state index < -0.39 is 0 Å². The molecule has 0 saturated carbocycles. The predicted octanol–water partition coefficient (Wildman–Crippen LogP) is 2.66. The highest BCUT2D eigenvalue weighted by molar-refractivity contribution is 7.07. The first-order valence-electron chi connectivity index (χ1n) is 4.70. The Kier molecular flexibility index (Phi) is 3.26. The van der Waals surface area contributed by atoms with Crippen molar-refractivity contribution in [3.05, 3.63) is 44.1 Å². The number of anilines is 1. The third-order valence-electron chi connectivity index (χ3n) is 2.19. The van der Waals surface area contributed by atoms with Gasteiger partial charge in [-0.15, -0.1) is 0 Å². The Morgan fingerprint density at radius 1 is 1.62 bits per heavy atom. The van der Waals surface area contributed by atoms with E-state index >= 15 is 0 Å². The molecule has 0 aliphatic heterocycles. The summed E-state index contributed by atoms with van der Waals surface area (Å²) in [6.45, 7) is 1.99. The topological polar surface area (TPSA) is 57.8 Å². The van der Waals surface area contributed by atoms with E-state index in [2.05, 4.69) is 15.3 Å². The van der Waals surface area contributed by atoms with Crippen molar-refractivity contribution < 1.29 is 0 Å². The second-order valence-electron chi connectivity index (χ2n) is 3.32. The zero-order chi connectivity index (χ0) is 11.5. The molecule has 16 heavy (non-hydrogen) atoms. The highest BCUT2D eigenvalue weighted by Gasteiger charge is 2.10. The molecule has 0 radical (unpaired) electrons. The van der Waals surface area contributed by atoms with Crippen LogP contribution >= 0.6 is 22.9 Å². The maximum atomic E-state index is 11.2. The van der Waals surface area contributed by atoms with Gasteiger partial charge in [0.05, 0.1) is 12.4 Å². The van der Waals surface area contributed by atoms with Crippen LogP contribution in [0.25, 0.3) is 0 Å². The molecular weight excluding hydrogens is 246 g/mol. The smallest absolute Gasteiger partial charge is 0.271 e. The van der Waals surface area contributed by atoms with Gasteiger partial charge in [0.15, 0.2) is 5.82 Å². The molecule has 84 valence electrons. The van der Waals surface area contributed by atoms with Crippen LogP contribution in [0.2, 0.25) is 5.02 Å². The molecule has 2 N–H and O–H groups in total. The number of aromatic nitrogens is 2. The molecule has 0 aromatic carbocycles. The standard InChI is InChI=1S/C10H10ClN3OS/c1-6(7-2-3-16-4-7)14-9-8(11)10(15)13-5-12-9/h2-6H,1H3,(H2,12,13,14,15). The molecule has 2 aromatic rings. The Labute approximate surface area is 101 Å². The summed E-state index contributed by atoms with van der Waals surface area (Å²) in [6, 6.07) is 2.08. The van der Waals surface area contributed by atoms with Gasteiger partial charge in [-0.3, -0.25) is 4.79 Å². The fourth-order valence-electron chi connectivity index (χ4n) is 1.29. The van der Waals surface area contributed by atoms with Crippen LogP contribution in [0.3, 0.4) is 0 Å². The van der Waals surface area contributed by atoms with Gasteiger partial charge in [-0.1, -0.05) is 11.6 Å². The summed E-state index contributed by atoms with van der Waals surface area (Å²) in [5, 5.41) is 7.23. The van der Waals surface area contributed by atoms with Gasteiger partial charge >= 0.3 is 0 Å². The molecular formula is C10H10ClN3OS. The van der Waals surface area contributed by atoms with E-state index in [9.17, 15) is 4.79 Å². The molecule has 0 bridgehead atoms. The van der Waals surface area contributed by atoms with Gasteiger partial charge in [0, 0.05) is 0 Å². The Bertz CT molecular complexity index is 523. The molecule has 2 rings (SSSR count). The van der Waals surface area contributed by atoms with Crippen LogP contribution in [0.4, 0.5) is 5.82 Å². The number of aromatic amines is 1. The van der Waals surface area contributed by atoms with E-state index in [-0.39, 0.29) is 16.6 Å². The predicted molar refractivity (Wildman–Crippen MR) is 66.2 cm³/mol. The lowest BCUT2D eigenvalue weighted by Gasteiger charge is -2.13. The van der Waals surface area contributed by atoms with Crippen molar-refractivity contribution >= 4 is 28.8 Å². The van der Waals surface area contributed by atoms with Crippen molar-refractivity contribution in [2.45, 2.75) is 13.0 Å². The summed E-state index contributed by atoms with van der Waals surface area (Å²) >= 11 is 7.46. The fourth-order valence-corrected chi connectivity index (χ4v) is 2.21. The Morgan fingerprint density at radius 2 is 2.44 bits per heavy atom. The van der Waals surface area contributed by atoms with Gasteiger partial charge in [-0.2, -0.15) is 11.3 Å². The molecule has 4 nitrogen and oxygen atoms in total. The number of nitrogens with one attached hydrogen (secondary N) is 2. The molecule has 0 aliphatic carbocycles. The highest BCUT2D eigenvalue weighted by Crippen LogP contribution is 2.22. The lowest BCUT2D eigenvalue weighted by Crippen LogP contribution is -2.13. The lowest BCUT2D eigenvalue weighted by molar-refractivity contribution is 0.875. The first-order valence-corrected chi connectivity index (χ1v) is 6.02. The number of hydrogen-bond acceptors (Lipinski definition) is 4. The van der Waals surface area contributed by atoms with E-state index in [1.54, 1.807) is 11.3 Å². The first-order chi connectivity index (χ1) is 7.68. The second kappa shape index (κ2) is 4.67. The van der Waals surface area contributed by atoms with Gasteiger partial charge in [-0.25, -0.2) is 4.98 Å². The summed E-state index contributed by atoms with van der Waals surface area (Å²) in [5.74, 6) is 0.407. The van der Waals surface area contributed by atoms with Crippen LogP contribution in [-0.2, 0) is 0 Å². The van der Waals surface area contributed by atoms with E-state index in [1.165, 1.54) is 6.33 Å². The number of thiophene rings is 1. The van der Waals surface area contributed by atoms with Crippen LogP contribution in [-0.4, -0.2) is 9.97 Å². The Hall–Kier alpha value is -1.33. The summed E-state index contributed by atoms with van der Waals surface area (Å²) in [4.78, 5) is 17.6. The van der Waals surface area contributed by atoms with E-state index in [0.717, 1.165) is 5.56 Å². The van der Waals surface area contributed by atoms with Crippen molar-refractivity contribution in [2.75, 3.05) is 5.32 Å². The second-order valence-corrected chi connectivity index (χ2v) is 4.47. The van der Waals surface area contributed by atoms with Gasteiger partial charge in [0.1, 0.15) is 5.02 Å². The van der Waals surface area contributed by atoms with Crippen LogP contribution in [0.15, 0.2) is 27.9 Å². The Morgan fingerprint density at radius 3 is 3.12 bits per heavy atom. The molecule has 2 aromatic heterocycles. The summed E-state index contributed by atoms with van der Waals surface area (Å²) in [5.41, 5.74) is 0.805. The number of halogens is 1. The van der Waals surface area contributed by atoms with Crippen molar-refractivity contribution in [2.24, 2.45) is 0 Å². The molecule has 1 atom stereocenters. The number of H-pyrrole nitrogens is 1. The van der Waals surface area contributed by atoms with Gasteiger partial charge in [-0.05, 0) is 29.3 Å². The van der Waals surface area contributed by atoms with Crippen LogP contribution in [0.5, 0.6) is 0 Å². The largest absolute Gasteiger partial charge is 0.362 e. The molecule has 2 heterocycles. The number of rotatable bonds is 3. The normalized spacial score (nSPS) is 12.4. The van der Waals surface area contributed by atoms with Crippen molar-refractivity contribution in [1.29, 1.82) is 0 Å².